The molecule has 0 fully saturated rings. The normalized spacial score (nSPS) is 13.5. The molecule has 60 valence electrons. The zero-order chi connectivity index (χ0) is 7.82. The maximum atomic E-state index is 3.87. The molecule has 0 rings (SSSR count). The molecular weight excluding hydrogens is 120 g/mol. The number of hydrogen-bond acceptors (Lipinski definition) is 0. The van der Waals surface area contributed by atoms with Crippen LogP contribution in [0.4, 0.5) is 0 Å². The van der Waals surface area contributed by atoms with Gasteiger partial charge in [-0.15, -0.1) is 0 Å². The van der Waals surface area contributed by atoms with E-state index in [1.807, 2.05) is 0 Å². The van der Waals surface area contributed by atoms with E-state index in [4.69, 9.17) is 0 Å². The van der Waals surface area contributed by atoms with Gasteiger partial charge in [0.25, 0.3) is 0 Å². The minimum absolute atomic E-state index is 0.916. The summed E-state index contributed by atoms with van der Waals surface area (Å²) in [7, 11) is 0. The highest BCUT2D eigenvalue weighted by molar-refractivity contribution is 4.58. The van der Waals surface area contributed by atoms with Crippen LogP contribution in [0.25, 0.3) is 0 Å². The van der Waals surface area contributed by atoms with Gasteiger partial charge in [-0.05, 0) is 5.92 Å². The van der Waals surface area contributed by atoms with Crippen molar-refractivity contribution >= 4 is 0 Å². The summed E-state index contributed by atoms with van der Waals surface area (Å²) in [6.45, 7) is 9.97. The first-order chi connectivity index (χ1) is 4.85. The molecule has 0 aliphatic rings. The molecule has 0 aliphatic carbocycles. The Morgan fingerprint density at radius 2 is 1.80 bits per heavy atom. The molecule has 2 radical (unpaired) electrons. The van der Waals surface area contributed by atoms with Crippen molar-refractivity contribution in [1.29, 1.82) is 0 Å². The maximum Gasteiger partial charge on any atom is -0.0417 e. The third-order valence-corrected chi connectivity index (χ3v) is 2.05. The van der Waals surface area contributed by atoms with Gasteiger partial charge in [0.05, 0.1) is 0 Å². The highest BCUT2D eigenvalue weighted by atomic mass is 14.1. The summed E-state index contributed by atoms with van der Waals surface area (Å²) in [4.78, 5) is 0. The van der Waals surface area contributed by atoms with Crippen molar-refractivity contribution in [3.05, 3.63) is 13.8 Å². The van der Waals surface area contributed by atoms with Crippen LogP contribution in [-0.2, 0) is 0 Å². The monoisotopic (exact) mass is 140 g/mol. The van der Waals surface area contributed by atoms with Crippen LogP contribution in [0, 0.1) is 19.8 Å². The lowest BCUT2D eigenvalue weighted by molar-refractivity contribution is 0.428. The van der Waals surface area contributed by atoms with Crippen molar-refractivity contribution in [1.82, 2.24) is 0 Å². The van der Waals surface area contributed by atoms with Gasteiger partial charge in [0.2, 0.25) is 0 Å². The fraction of sp³-hybridized carbons (Fsp3) is 0.800. The van der Waals surface area contributed by atoms with E-state index in [0.29, 0.717) is 0 Å². The summed E-state index contributed by atoms with van der Waals surface area (Å²) in [5.74, 6) is 0.916. The second-order valence-electron chi connectivity index (χ2n) is 2.91. The summed E-state index contributed by atoms with van der Waals surface area (Å²) in [5, 5.41) is 0. The Kier molecular flexibility index (Phi) is 7.11. The second-order valence-corrected chi connectivity index (χ2v) is 2.91. The Balaban J connectivity index is 3.21. The summed E-state index contributed by atoms with van der Waals surface area (Å²) >= 11 is 0. The highest BCUT2D eigenvalue weighted by Gasteiger charge is 2.02. The van der Waals surface area contributed by atoms with Crippen molar-refractivity contribution in [3.8, 4) is 0 Å². The Morgan fingerprint density at radius 3 is 2.20 bits per heavy atom. The first-order valence-corrected chi connectivity index (χ1v) is 4.43. The Morgan fingerprint density at radius 1 is 1.10 bits per heavy atom. The molecule has 0 aliphatic heterocycles. The van der Waals surface area contributed by atoms with Crippen molar-refractivity contribution < 1.29 is 0 Å². The van der Waals surface area contributed by atoms with E-state index in [-0.39, 0.29) is 0 Å². The minimum Gasteiger partial charge on any atom is -0.0651 e. The zero-order valence-corrected chi connectivity index (χ0v) is 7.23. The lowest BCUT2D eigenvalue weighted by Crippen LogP contribution is -1.97. The molecule has 0 bridgehead atoms. The van der Waals surface area contributed by atoms with Crippen LogP contribution in [0.5, 0.6) is 0 Å². The van der Waals surface area contributed by atoms with Crippen molar-refractivity contribution in [2.75, 3.05) is 0 Å². The molecule has 0 saturated carbocycles. The van der Waals surface area contributed by atoms with Gasteiger partial charge in [-0.1, -0.05) is 59.3 Å². The molecule has 0 aromatic rings. The molecular formula is C10H20. The number of hydrogen-bond donors (Lipinski definition) is 0. The van der Waals surface area contributed by atoms with E-state index >= 15 is 0 Å². The van der Waals surface area contributed by atoms with Gasteiger partial charge in [-0.2, -0.15) is 0 Å². The minimum atomic E-state index is 0.916. The van der Waals surface area contributed by atoms with E-state index in [0.717, 1.165) is 18.8 Å². The molecule has 0 spiro atoms. The van der Waals surface area contributed by atoms with Crippen LogP contribution in [0.3, 0.4) is 0 Å². The molecule has 0 heteroatoms. The van der Waals surface area contributed by atoms with Gasteiger partial charge in [0.1, 0.15) is 0 Å². The molecule has 0 aromatic carbocycles. The molecule has 10 heavy (non-hydrogen) atoms. The van der Waals surface area contributed by atoms with E-state index < -0.39 is 0 Å². The van der Waals surface area contributed by atoms with Gasteiger partial charge in [0.15, 0.2) is 0 Å². The van der Waals surface area contributed by atoms with Crippen molar-refractivity contribution in [3.63, 3.8) is 0 Å². The third kappa shape index (κ3) is 4.84. The standard InChI is InChI=1S/C10H20/c1-4-7-9-10(6-3)8-5-2/h10H,1-2,4-9H2,3H3. The Bertz CT molecular complexity index is 57.1. The van der Waals surface area contributed by atoms with Gasteiger partial charge in [0, 0.05) is 0 Å². The largest absolute Gasteiger partial charge is 0.0651 e. The van der Waals surface area contributed by atoms with Gasteiger partial charge in [-0.25, -0.2) is 0 Å². The fourth-order valence-electron chi connectivity index (χ4n) is 1.27. The topological polar surface area (TPSA) is 0 Å². The molecule has 0 amide bonds. The number of rotatable bonds is 6. The lowest BCUT2D eigenvalue weighted by atomic mass is 9.95. The average molecular weight is 140 g/mol. The predicted octanol–water partition coefficient (Wildman–Crippen LogP) is 3.63. The van der Waals surface area contributed by atoms with Gasteiger partial charge in [-0.3, -0.25) is 0 Å². The van der Waals surface area contributed by atoms with Crippen LogP contribution < -0.4 is 0 Å². The molecule has 0 nitrogen and oxygen atoms in total. The molecule has 0 heterocycles. The number of unbranched alkanes of at least 4 members (excludes halogenated alkanes) is 1. The Hall–Kier alpha value is 0. The van der Waals surface area contributed by atoms with Crippen LogP contribution in [-0.4, -0.2) is 0 Å². The fourth-order valence-corrected chi connectivity index (χ4v) is 1.27. The summed E-state index contributed by atoms with van der Waals surface area (Å²) < 4.78 is 0. The van der Waals surface area contributed by atoms with Gasteiger partial charge >= 0.3 is 0 Å². The van der Waals surface area contributed by atoms with E-state index in [2.05, 4.69) is 20.8 Å². The highest BCUT2D eigenvalue weighted by Crippen LogP contribution is 2.17. The SMILES string of the molecule is [CH2]CCCC(CC)CC[CH2]. The maximum absolute atomic E-state index is 3.87. The van der Waals surface area contributed by atoms with Crippen molar-refractivity contribution in [2.24, 2.45) is 5.92 Å². The summed E-state index contributed by atoms with van der Waals surface area (Å²) in [5.41, 5.74) is 0. The first kappa shape index (κ1) is 10.0. The molecule has 0 N–H and O–H groups in total. The molecule has 1 atom stereocenters. The Labute approximate surface area is 66.0 Å². The van der Waals surface area contributed by atoms with Crippen LogP contribution in [0.15, 0.2) is 0 Å². The van der Waals surface area contributed by atoms with E-state index in [9.17, 15) is 0 Å². The summed E-state index contributed by atoms with van der Waals surface area (Å²) in [6.07, 6.45) is 7.45. The quantitative estimate of drug-likeness (QED) is 0.528. The van der Waals surface area contributed by atoms with E-state index in [1.165, 1.54) is 25.7 Å². The van der Waals surface area contributed by atoms with Crippen LogP contribution in [0.1, 0.15) is 45.4 Å². The van der Waals surface area contributed by atoms with Crippen molar-refractivity contribution in [2.45, 2.75) is 45.4 Å². The van der Waals surface area contributed by atoms with Crippen LogP contribution >= 0.6 is 0 Å². The zero-order valence-electron chi connectivity index (χ0n) is 7.23. The predicted molar refractivity (Wildman–Crippen MR) is 47.6 cm³/mol. The van der Waals surface area contributed by atoms with Gasteiger partial charge < -0.3 is 0 Å². The molecule has 0 saturated heterocycles. The summed E-state index contributed by atoms with van der Waals surface area (Å²) in [6, 6.07) is 0. The van der Waals surface area contributed by atoms with Crippen LogP contribution in [0.2, 0.25) is 0 Å². The first-order valence-electron chi connectivity index (χ1n) is 4.43. The third-order valence-electron chi connectivity index (χ3n) is 2.05. The molecule has 0 aromatic heterocycles. The second kappa shape index (κ2) is 7.11. The molecule has 1 unspecified atom stereocenters. The van der Waals surface area contributed by atoms with E-state index in [1.54, 1.807) is 0 Å². The smallest absolute Gasteiger partial charge is 0.0417 e. The average Bonchev–Trinajstić information content (AvgIpc) is 1.98. The lowest BCUT2D eigenvalue weighted by Gasteiger charge is -2.11.